The van der Waals surface area contributed by atoms with Crippen molar-refractivity contribution in [3.8, 4) is 0 Å². The van der Waals surface area contributed by atoms with E-state index in [0.29, 0.717) is 35.7 Å². The van der Waals surface area contributed by atoms with Gasteiger partial charge in [0.05, 0.1) is 6.61 Å². The van der Waals surface area contributed by atoms with Crippen molar-refractivity contribution >= 4 is 17.5 Å². The summed E-state index contributed by atoms with van der Waals surface area (Å²) in [5, 5.41) is 18.9. The number of ketones is 1. The van der Waals surface area contributed by atoms with Gasteiger partial charge in [-0.05, 0) is 54.5 Å². The largest absolute Gasteiger partial charge is 0.507 e. The lowest BCUT2D eigenvalue weighted by Crippen LogP contribution is -2.36. The molecule has 3 aromatic carbocycles. The van der Waals surface area contributed by atoms with Crippen molar-refractivity contribution in [3.05, 3.63) is 144 Å². The van der Waals surface area contributed by atoms with Gasteiger partial charge in [-0.2, -0.15) is 0 Å². The number of aryl methyl sites for hydroxylation is 2. The highest BCUT2D eigenvalue weighted by atomic mass is 16.5. The Bertz CT molecular complexity index is 1810. The molecule has 0 aliphatic rings. The van der Waals surface area contributed by atoms with Crippen LogP contribution in [-0.4, -0.2) is 31.5 Å². The number of aromatic amines is 1. The van der Waals surface area contributed by atoms with Gasteiger partial charge in [-0.25, -0.2) is 9.59 Å². The van der Waals surface area contributed by atoms with E-state index in [1.807, 2.05) is 58.0 Å². The van der Waals surface area contributed by atoms with E-state index in [-0.39, 0.29) is 24.8 Å². The van der Waals surface area contributed by atoms with Gasteiger partial charge in [0, 0.05) is 29.3 Å². The smallest absolute Gasteiger partial charge is 0.376 e. The normalized spacial score (nSPS) is 11.6. The van der Waals surface area contributed by atoms with Crippen molar-refractivity contribution in [2.75, 3.05) is 0 Å². The summed E-state index contributed by atoms with van der Waals surface area (Å²) in [7, 11) is 0. The molecule has 9 nitrogen and oxygen atoms in total. The van der Waals surface area contributed by atoms with Crippen LogP contribution in [0.15, 0.2) is 82.4 Å². The lowest BCUT2D eigenvalue weighted by molar-refractivity contribution is -0.146. The second-order valence-electron chi connectivity index (χ2n) is 11.2. The zero-order valence-corrected chi connectivity index (χ0v) is 25.2. The summed E-state index contributed by atoms with van der Waals surface area (Å²) >= 11 is 0. The van der Waals surface area contributed by atoms with Crippen molar-refractivity contribution in [1.82, 2.24) is 9.55 Å². The van der Waals surface area contributed by atoms with E-state index in [1.54, 1.807) is 18.2 Å². The van der Waals surface area contributed by atoms with Crippen LogP contribution in [-0.2, 0) is 40.5 Å². The molecule has 0 aliphatic carbocycles. The Balaban J connectivity index is 1.47. The van der Waals surface area contributed by atoms with Gasteiger partial charge < -0.3 is 14.9 Å². The quantitative estimate of drug-likeness (QED) is 0.116. The fourth-order valence-electron chi connectivity index (χ4n) is 5.27. The molecule has 0 amide bonds. The minimum atomic E-state index is -1.64. The Labute approximate surface area is 255 Å². The molecule has 228 valence electrons. The number of H-pyrrole nitrogens is 1. The van der Waals surface area contributed by atoms with E-state index in [1.165, 1.54) is 4.57 Å². The van der Waals surface area contributed by atoms with Crippen LogP contribution in [0.3, 0.4) is 0 Å². The number of carbonyl (C=O) groups excluding carboxylic acids is 1. The van der Waals surface area contributed by atoms with Crippen LogP contribution < -0.4 is 11.2 Å². The third-order valence-electron chi connectivity index (χ3n) is 7.20. The first kappa shape index (κ1) is 31.9. The maximum absolute atomic E-state index is 12.9. The zero-order valence-electron chi connectivity index (χ0n) is 25.2. The average molecular weight is 597 g/mol. The van der Waals surface area contributed by atoms with E-state index in [2.05, 4.69) is 23.2 Å². The number of hydrogen-bond donors (Lipinski definition) is 3. The molecule has 0 saturated carbocycles. The summed E-state index contributed by atoms with van der Waals surface area (Å²) in [4.78, 5) is 50.3. The molecule has 0 bridgehead atoms. The predicted octanol–water partition coefficient (Wildman–Crippen LogP) is 5.19. The number of nitrogens with one attached hydrogen (secondary N) is 1. The fraction of sp³-hybridized carbons (Fsp3) is 0.257. The SMILES string of the molecule is Cc1cc(C)cc(Cc2c(C(C)C)c(=O)[nH]c(=O)n2COCc2ccc(Cc3cccc(/C(O)=C/C(=O)C(=O)O)c3)cc2)c1. The molecule has 0 aliphatic heterocycles. The summed E-state index contributed by atoms with van der Waals surface area (Å²) in [5.74, 6) is -3.34. The highest BCUT2D eigenvalue weighted by molar-refractivity contribution is 6.38. The highest BCUT2D eigenvalue weighted by Gasteiger charge is 2.18. The number of aliphatic hydroxyl groups excluding tert-OH is 1. The van der Waals surface area contributed by atoms with Crippen molar-refractivity contribution in [2.45, 2.75) is 59.8 Å². The van der Waals surface area contributed by atoms with Crippen molar-refractivity contribution < 1.29 is 24.5 Å². The third kappa shape index (κ3) is 8.08. The molecule has 0 saturated heterocycles. The Morgan fingerprint density at radius 2 is 1.52 bits per heavy atom. The van der Waals surface area contributed by atoms with Gasteiger partial charge in [0.25, 0.3) is 11.3 Å². The van der Waals surface area contributed by atoms with Crippen molar-refractivity contribution in [2.24, 2.45) is 0 Å². The molecule has 1 aromatic heterocycles. The van der Waals surface area contributed by atoms with Crippen LogP contribution in [0.2, 0.25) is 0 Å². The van der Waals surface area contributed by atoms with Crippen molar-refractivity contribution in [1.29, 1.82) is 0 Å². The Morgan fingerprint density at radius 1 is 0.864 bits per heavy atom. The van der Waals surface area contributed by atoms with Crippen LogP contribution >= 0.6 is 0 Å². The number of rotatable bonds is 12. The summed E-state index contributed by atoms with van der Waals surface area (Å²) < 4.78 is 7.48. The molecule has 44 heavy (non-hydrogen) atoms. The predicted molar refractivity (Wildman–Crippen MR) is 168 cm³/mol. The molecule has 4 rings (SSSR count). The Kier molecular flexibility index (Phi) is 10.1. The third-order valence-corrected chi connectivity index (χ3v) is 7.20. The molecule has 9 heteroatoms. The minimum absolute atomic E-state index is 0.0224. The number of carbonyl (C=O) groups is 2. The van der Waals surface area contributed by atoms with Crippen molar-refractivity contribution in [3.63, 3.8) is 0 Å². The number of ether oxygens (including phenoxy) is 1. The molecule has 0 spiro atoms. The number of nitrogens with zero attached hydrogens (tertiary/aromatic N) is 1. The molecule has 0 atom stereocenters. The van der Waals surface area contributed by atoms with Crippen LogP contribution in [0.1, 0.15) is 70.0 Å². The topological polar surface area (TPSA) is 139 Å². The number of carboxylic acid groups (broad SMARTS) is 1. The van der Waals surface area contributed by atoms with E-state index >= 15 is 0 Å². The minimum Gasteiger partial charge on any atom is -0.507 e. The van der Waals surface area contributed by atoms with Gasteiger partial charge in [0.2, 0.25) is 0 Å². The number of aliphatic carboxylic acids is 1. The van der Waals surface area contributed by atoms with Gasteiger partial charge >= 0.3 is 11.7 Å². The molecular weight excluding hydrogens is 560 g/mol. The maximum atomic E-state index is 12.9. The Morgan fingerprint density at radius 3 is 2.16 bits per heavy atom. The number of hydrogen-bond acceptors (Lipinski definition) is 6. The number of aromatic nitrogens is 2. The zero-order chi connectivity index (χ0) is 32.0. The van der Waals surface area contributed by atoms with E-state index < -0.39 is 23.2 Å². The van der Waals surface area contributed by atoms with Crippen LogP contribution in [0.4, 0.5) is 0 Å². The standard InChI is InChI=1S/C35H36N2O7/c1-21(2)32-29(17-27-13-22(3)12-23(4)14-27)37(35(43)36-33(32)40)20-44-19-25-10-8-24(9-11-25)15-26-6-5-7-28(16-26)30(38)18-31(39)34(41)42/h5-14,16,18,21,38H,15,17,19-20H2,1-4H3,(H,41,42)(H,36,40,43)/b30-18-. The maximum Gasteiger partial charge on any atom is 0.376 e. The van der Waals surface area contributed by atoms with E-state index in [9.17, 15) is 24.3 Å². The summed E-state index contributed by atoms with van der Waals surface area (Å²) in [6, 6.07) is 20.8. The number of carboxylic acids is 1. The molecule has 3 N–H and O–H groups in total. The molecule has 0 radical (unpaired) electrons. The monoisotopic (exact) mass is 596 g/mol. The molecule has 0 unspecified atom stereocenters. The van der Waals surface area contributed by atoms with Crippen LogP contribution in [0.5, 0.6) is 0 Å². The summed E-state index contributed by atoms with van der Waals surface area (Å²) in [6.45, 7) is 8.13. The first-order valence-corrected chi connectivity index (χ1v) is 14.3. The second kappa shape index (κ2) is 14.0. The van der Waals surface area contributed by atoms with Gasteiger partial charge in [0.1, 0.15) is 12.5 Å². The number of aliphatic hydroxyl groups is 1. The highest BCUT2D eigenvalue weighted by Crippen LogP contribution is 2.21. The fourth-order valence-corrected chi connectivity index (χ4v) is 5.27. The summed E-state index contributed by atoms with van der Waals surface area (Å²) in [6.07, 6.45) is 1.66. The average Bonchev–Trinajstić information content (AvgIpc) is 2.94. The molecule has 0 fully saturated rings. The first-order valence-electron chi connectivity index (χ1n) is 14.3. The molecule has 4 aromatic rings. The Hall–Kier alpha value is -5.02. The van der Waals surface area contributed by atoms with E-state index in [4.69, 9.17) is 9.84 Å². The first-order chi connectivity index (χ1) is 20.9. The van der Waals surface area contributed by atoms with Crippen LogP contribution in [0, 0.1) is 13.8 Å². The van der Waals surface area contributed by atoms with Gasteiger partial charge in [0.15, 0.2) is 0 Å². The summed E-state index contributed by atoms with van der Waals surface area (Å²) in [5.41, 5.74) is 6.66. The lowest BCUT2D eigenvalue weighted by atomic mass is 9.96. The lowest BCUT2D eigenvalue weighted by Gasteiger charge is -2.19. The molecular formula is C35H36N2O7. The van der Waals surface area contributed by atoms with Gasteiger partial charge in [-0.1, -0.05) is 85.6 Å². The van der Waals surface area contributed by atoms with Gasteiger partial charge in [-0.3, -0.25) is 19.1 Å². The van der Waals surface area contributed by atoms with Gasteiger partial charge in [-0.15, -0.1) is 0 Å². The molecule has 1 heterocycles. The van der Waals surface area contributed by atoms with Crippen LogP contribution in [0.25, 0.3) is 5.76 Å². The van der Waals surface area contributed by atoms with E-state index in [0.717, 1.165) is 33.4 Å². The number of benzene rings is 3. The second-order valence-corrected chi connectivity index (χ2v) is 11.2.